The molecular formula is C23H25F3O6S. The third-order valence-electron chi connectivity index (χ3n) is 4.32. The van der Waals surface area contributed by atoms with Gasteiger partial charge in [0.15, 0.2) is 11.9 Å². The molecule has 0 saturated carbocycles. The van der Waals surface area contributed by atoms with E-state index in [1.807, 2.05) is 0 Å². The molecule has 0 bridgehead atoms. The van der Waals surface area contributed by atoms with E-state index < -0.39 is 39.1 Å². The first-order valence-electron chi connectivity index (χ1n) is 9.96. The van der Waals surface area contributed by atoms with E-state index in [-0.39, 0.29) is 23.1 Å². The zero-order chi connectivity index (χ0) is 25.2. The maximum absolute atomic E-state index is 13.2. The summed E-state index contributed by atoms with van der Waals surface area (Å²) in [6.45, 7) is 9.58. The van der Waals surface area contributed by atoms with Crippen LogP contribution in [-0.4, -0.2) is 32.1 Å². The Morgan fingerprint density at radius 1 is 1.15 bits per heavy atom. The highest BCUT2D eigenvalue weighted by Gasteiger charge is 2.49. The lowest BCUT2D eigenvalue weighted by Crippen LogP contribution is -2.31. The van der Waals surface area contributed by atoms with Gasteiger partial charge in [0.05, 0.1) is 12.2 Å². The van der Waals surface area contributed by atoms with Gasteiger partial charge in [-0.2, -0.15) is 21.6 Å². The zero-order valence-corrected chi connectivity index (χ0v) is 19.9. The van der Waals surface area contributed by atoms with E-state index in [9.17, 15) is 26.4 Å². The second-order valence-electron chi connectivity index (χ2n) is 8.09. The molecule has 0 unspecified atom stereocenters. The molecule has 33 heavy (non-hydrogen) atoms. The molecule has 0 radical (unpaired) electrons. The number of carbonyl (C=O) groups excluding carboxylic acids is 1. The van der Waals surface area contributed by atoms with Crippen LogP contribution in [0, 0.1) is 18.8 Å². The van der Waals surface area contributed by atoms with Crippen molar-refractivity contribution in [2.24, 2.45) is 0 Å². The van der Waals surface area contributed by atoms with Crippen molar-refractivity contribution in [3.8, 4) is 17.6 Å². The number of aryl methyl sites for hydroxylation is 1. The number of fused-ring (bicyclic) bond motifs is 1. The first kappa shape index (κ1) is 26.5. The fraction of sp³-hybridized carbons (Fsp3) is 0.435. The molecule has 6 nitrogen and oxygen atoms in total. The monoisotopic (exact) mass is 486 g/mol. The highest BCUT2D eigenvalue weighted by Crippen LogP contribution is 2.42. The summed E-state index contributed by atoms with van der Waals surface area (Å²) < 4.78 is 79.1. The minimum atomic E-state index is -6.05. The topological polar surface area (TPSA) is 78.9 Å². The summed E-state index contributed by atoms with van der Waals surface area (Å²) in [7, 11) is -6.05. The van der Waals surface area contributed by atoms with Gasteiger partial charge in [0.1, 0.15) is 0 Å². The molecule has 10 heteroatoms. The predicted molar refractivity (Wildman–Crippen MR) is 117 cm³/mol. The molecule has 1 atom stereocenters. The van der Waals surface area contributed by atoms with Crippen LogP contribution in [0.1, 0.15) is 57.4 Å². The van der Waals surface area contributed by atoms with Crippen molar-refractivity contribution in [1.82, 2.24) is 0 Å². The van der Waals surface area contributed by atoms with Crippen molar-refractivity contribution in [1.29, 1.82) is 0 Å². The van der Waals surface area contributed by atoms with Gasteiger partial charge in [0, 0.05) is 16.5 Å². The Kier molecular flexibility index (Phi) is 7.71. The van der Waals surface area contributed by atoms with Gasteiger partial charge >= 0.3 is 21.6 Å². The highest BCUT2D eigenvalue weighted by atomic mass is 32.2. The molecule has 0 saturated heterocycles. The molecule has 0 fully saturated rings. The second kappa shape index (κ2) is 9.61. The molecule has 0 N–H and O–H groups in total. The van der Waals surface area contributed by atoms with Crippen LogP contribution in [0.15, 0.2) is 24.3 Å². The molecule has 0 heterocycles. The molecular weight excluding hydrogens is 461 g/mol. The Balaban J connectivity index is 2.93. The Labute approximate surface area is 191 Å². The molecule has 0 aromatic heterocycles. The number of rotatable bonds is 6. The third kappa shape index (κ3) is 6.18. The fourth-order valence-corrected chi connectivity index (χ4v) is 3.61. The lowest BCUT2D eigenvalue weighted by atomic mass is 9.95. The minimum Gasteiger partial charge on any atom is -0.464 e. The van der Waals surface area contributed by atoms with Crippen LogP contribution in [0.5, 0.6) is 5.75 Å². The molecule has 2 aromatic carbocycles. The van der Waals surface area contributed by atoms with E-state index in [4.69, 9.17) is 9.47 Å². The van der Waals surface area contributed by atoms with Crippen molar-refractivity contribution in [2.75, 3.05) is 6.61 Å². The highest BCUT2D eigenvalue weighted by molar-refractivity contribution is 7.88. The van der Waals surface area contributed by atoms with Crippen LogP contribution >= 0.6 is 0 Å². The van der Waals surface area contributed by atoms with E-state index >= 15 is 0 Å². The van der Waals surface area contributed by atoms with Gasteiger partial charge in [0.2, 0.25) is 0 Å². The fourth-order valence-electron chi connectivity index (χ4n) is 3.12. The van der Waals surface area contributed by atoms with Gasteiger partial charge in [0.25, 0.3) is 0 Å². The Morgan fingerprint density at radius 2 is 1.79 bits per heavy atom. The molecule has 0 spiro atoms. The first-order chi connectivity index (χ1) is 15.1. The average Bonchev–Trinajstić information content (AvgIpc) is 2.65. The smallest absolute Gasteiger partial charge is 0.464 e. The SMILES string of the molecule is CC#Cc1ccc2c(OS(=O)(=O)C(F)(F)F)c([C@H](OC(C)(C)C)C(=O)OCC)c(C)cc2c1. The van der Waals surface area contributed by atoms with Crippen molar-refractivity contribution in [2.45, 2.75) is 58.8 Å². The Hall–Kier alpha value is -2.77. The second-order valence-corrected chi connectivity index (χ2v) is 9.63. The number of ether oxygens (including phenoxy) is 2. The van der Waals surface area contributed by atoms with Gasteiger partial charge in [-0.15, -0.1) is 5.92 Å². The van der Waals surface area contributed by atoms with Crippen LogP contribution < -0.4 is 4.18 Å². The Morgan fingerprint density at radius 3 is 2.30 bits per heavy atom. The molecule has 0 aliphatic heterocycles. The standard InChI is InChI=1S/C23H25F3O6S/c1-7-9-15-10-11-17-16(13-15)12-14(3)18(19(17)32-33(28,29)23(24,25)26)20(21(27)30-8-2)31-22(4,5)6/h10-13,20H,8H2,1-6H3/t20-/m0/s1. The Bertz CT molecular complexity index is 1220. The lowest BCUT2D eigenvalue weighted by molar-refractivity contribution is -0.167. The largest absolute Gasteiger partial charge is 0.534 e. The summed E-state index contributed by atoms with van der Waals surface area (Å²) in [6, 6.07) is 6.07. The maximum Gasteiger partial charge on any atom is 0.534 e. The summed E-state index contributed by atoms with van der Waals surface area (Å²) in [4.78, 5) is 12.8. The summed E-state index contributed by atoms with van der Waals surface area (Å²) in [5, 5.41) is 0.416. The zero-order valence-electron chi connectivity index (χ0n) is 19.1. The summed E-state index contributed by atoms with van der Waals surface area (Å²) in [5.41, 5.74) is -5.94. The number of alkyl halides is 3. The lowest BCUT2D eigenvalue weighted by Gasteiger charge is -2.29. The summed E-state index contributed by atoms with van der Waals surface area (Å²) in [5.74, 6) is 4.00. The average molecular weight is 487 g/mol. The van der Waals surface area contributed by atoms with Crippen molar-refractivity contribution in [3.63, 3.8) is 0 Å². The van der Waals surface area contributed by atoms with E-state index in [1.54, 1.807) is 46.8 Å². The third-order valence-corrected chi connectivity index (χ3v) is 5.27. The molecule has 0 aliphatic rings. The quantitative estimate of drug-likeness (QED) is 0.243. The van der Waals surface area contributed by atoms with Crippen LogP contribution in [0.4, 0.5) is 13.2 Å². The van der Waals surface area contributed by atoms with Crippen LogP contribution in [-0.2, 0) is 24.4 Å². The van der Waals surface area contributed by atoms with Gasteiger partial charge < -0.3 is 13.7 Å². The molecule has 0 aliphatic carbocycles. The number of halogens is 3. The molecule has 180 valence electrons. The number of esters is 1. The predicted octanol–water partition coefficient (Wildman–Crippen LogP) is 5.17. The summed E-state index contributed by atoms with van der Waals surface area (Å²) >= 11 is 0. The van der Waals surface area contributed by atoms with Crippen molar-refractivity contribution in [3.05, 3.63) is 41.0 Å². The molecule has 0 amide bonds. The van der Waals surface area contributed by atoms with Crippen LogP contribution in [0.2, 0.25) is 0 Å². The maximum atomic E-state index is 13.2. The van der Waals surface area contributed by atoms with Crippen molar-refractivity contribution >= 4 is 26.9 Å². The van der Waals surface area contributed by atoms with E-state index in [2.05, 4.69) is 16.0 Å². The van der Waals surface area contributed by atoms with Gasteiger partial charge in [-0.05, 0) is 70.7 Å². The van der Waals surface area contributed by atoms with Crippen LogP contribution in [0.3, 0.4) is 0 Å². The van der Waals surface area contributed by atoms with Gasteiger partial charge in [-0.1, -0.05) is 12.0 Å². The number of carbonyl (C=O) groups is 1. The minimum absolute atomic E-state index is 0.0223. The van der Waals surface area contributed by atoms with E-state index in [0.29, 0.717) is 10.9 Å². The molecule has 2 rings (SSSR count). The molecule has 2 aromatic rings. The van der Waals surface area contributed by atoms with Gasteiger partial charge in [-0.25, -0.2) is 4.79 Å². The number of hydrogen-bond donors (Lipinski definition) is 0. The van der Waals surface area contributed by atoms with E-state index in [0.717, 1.165) is 0 Å². The van der Waals surface area contributed by atoms with E-state index in [1.165, 1.54) is 19.1 Å². The number of benzene rings is 2. The first-order valence-corrected chi connectivity index (χ1v) is 11.4. The van der Waals surface area contributed by atoms with Crippen molar-refractivity contribution < 1.29 is 40.0 Å². The normalized spacial score (nSPS) is 13.2. The van der Waals surface area contributed by atoms with Gasteiger partial charge in [-0.3, -0.25) is 0 Å². The number of hydrogen-bond acceptors (Lipinski definition) is 6. The van der Waals surface area contributed by atoms with Crippen LogP contribution in [0.25, 0.3) is 10.8 Å². The summed E-state index contributed by atoms with van der Waals surface area (Å²) in [6.07, 6.45) is -1.54.